The maximum Gasteiger partial charge on any atom is 0.312 e. The zero-order valence-corrected chi connectivity index (χ0v) is 8.20. The van der Waals surface area contributed by atoms with E-state index in [0.717, 1.165) is 0 Å². The van der Waals surface area contributed by atoms with Crippen molar-refractivity contribution < 1.29 is 9.59 Å². The van der Waals surface area contributed by atoms with Crippen molar-refractivity contribution in [3.8, 4) is 6.19 Å². The lowest BCUT2D eigenvalue weighted by Crippen LogP contribution is -2.50. The number of rotatable bonds is 4. The van der Waals surface area contributed by atoms with Gasteiger partial charge >= 0.3 is 6.03 Å². The van der Waals surface area contributed by atoms with Gasteiger partial charge in [-0.05, 0) is 5.92 Å². The van der Waals surface area contributed by atoms with Crippen LogP contribution < -0.4 is 16.4 Å². The van der Waals surface area contributed by atoms with E-state index in [-0.39, 0.29) is 5.92 Å². The van der Waals surface area contributed by atoms with E-state index in [4.69, 9.17) is 11.0 Å². The van der Waals surface area contributed by atoms with Gasteiger partial charge in [0.05, 0.1) is 0 Å². The fraction of sp³-hybridized carbons (Fsp3) is 0.625. The molecule has 0 fully saturated rings. The SMILES string of the molecule is CCC(C)C(NC(N)=O)C(=O)NC#N. The number of primary amides is 1. The molecule has 4 N–H and O–H groups in total. The molecule has 0 aromatic carbocycles. The molecule has 0 bridgehead atoms. The third-order valence-electron chi connectivity index (χ3n) is 1.97. The molecule has 0 aliphatic rings. The lowest BCUT2D eigenvalue weighted by molar-refractivity contribution is -0.122. The van der Waals surface area contributed by atoms with Crippen molar-refractivity contribution >= 4 is 11.9 Å². The molecule has 14 heavy (non-hydrogen) atoms. The predicted molar refractivity (Wildman–Crippen MR) is 49.7 cm³/mol. The summed E-state index contributed by atoms with van der Waals surface area (Å²) in [5.74, 6) is -0.614. The topological polar surface area (TPSA) is 108 Å². The molecule has 3 amide bonds. The molecule has 2 unspecified atom stereocenters. The average Bonchev–Trinajstić information content (AvgIpc) is 2.13. The Kier molecular flexibility index (Phi) is 5.07. The molecule has 6 nitrogen and oxygen atoms in total. The van der Waals surface area contributed by atoms with Gasteiger partial charge < -0.3 is 11.1 Å². The van der Waals surface area contributed by atoms with Crippen LogP contribution in [0.15, 0.2) is 0 Å². The minimum atomic E-state index is -0.775. The molecule has 0 aromatic heterocycles. The Bertz CT molecular complexity index is 259. The van der Waals surface area contributed by atoms with Gasteiger partial charge in [-0.1, -0.05) is 20.3 Å². The monoisotopic (exact) mass is 198 g/mol. The van der Waals surface area contributed by atoms with E-state index in [1.807, 2.05) is 12.2 Å². The van der Waals surface area contributed by atoms with E-state index < -0.39 is 18.0 Å². The van der Waals surface area contributed by atoms with Crippen molar-refractivity contribution in [2.24, 2.45) is 11.7 Å². The molecule has 0 spiro atoms. The Morgan fingerprint density at radius 3 is 2.50 bits per heavy atom. The highest BCUT2D eigenvalue weighted by Crippen LogP contribution is 2.07. The number of amides is 3. The van der Waals surface area contributed by atoms with Gasteiger partial charge in [0.1, 0.15) is 6.04 Å². The van der Waals surface area contributed by atoms with E-state index in [1.54, 1.807) is 6.92 Å². The summed E-state index contributed by atoms with van der Waals surface area (Å²) < 4.78 is 0. The summed E-state index contributed by atoms with van der Waals surface area (Å²) in [5.41, 5.74) is 4.91. The lowest BCUT2D eigenvalue weighted by Gasteiger charge is -2.20. The van der Waals surface area contributed by atoms with Crippen LogP contribution in [0.5, 0.6) is 0 Å². The van der Waals surface area contributed by atoms with Crippen LogP contribution in [0.1, 0.15) is 20.3 Å². The van der Waals surface area contributed by atoms with Crippen LogP contribution in [0.25, 0.3) is 0 Å². The quantitative estimate of drug-likeness (QED) is 0.425. The number of carbonyl (C=O) groups is 2. The van der Waals surface area contributed by atoms with Crippen LogP contribution in [-0.2, 0) is 4.79 Å². The second-order valence-electron chi connectivity index (χ2n) is 2.97. The lowest BCUT2D eigenvalue weighted by atomic mass is 9.98. The maximum absolute atomic E-state index is 11.3. The largest absolute Gasteiger partial charge is 0.352 e. The molecule has 0 saturated heterocycles. The predicted octanol–water partition coefficient (Wildman–Crippen LogP) is -0.333. The van der Waals surface area contributed by atoms with Gasteiger partial charge in [-0.3, -0.25) is 10.1 Å². The molecule has 78 valence electrons. The van der Waals surface area contributed by atoms with Crippen molar-refractivity contribution in [2.75, 3.05) is 0 Å². The summed E-state index contributed by atoms with van der Waals surface area (Å²) in [5, 5.41) is 12.5. The smallest absolute Gasteiger partial charge is 0.312 e. The van der Waals surface area contributed by atoms with Gasteiger partial charge in [0, 0.05) is 0 Å². The van der Waals surface area contributed by atoms with Crippen LogP contribution in [-0.4, -0.2) is 18.0 Å². The highest BCUT2D eigenvalue weighted by molar-refractivity contribution is 5.87. The number of nitrogens with two attached hydrogens (primary N) is 1. The van der Waals surface area contributed by atoms with Gasteiger partial charge in [-0.25, -0.2) is 4.79 Å². The van der Waals surface area contributed by atoms with E-state index in [9.17, 15) is 9.59 Å². The maximum atomic E-state index is 11.3. The van der Waals surface area contributed by atoms with Gasteiger partial charge in [0.2, 0.25) is 0 Å². The molecule has 2 atom stereocenters. The van der Waals surface area contributed by atoms with Crippen LogP contribution >= 0.6 is 0 Å². The standard InChI is InChI=1S/C8H14N4O2/c1-3-5(2)6(12-8(10)14)7(13)11-4-9/h5-6H,3H2,1-2H3,(H,11,13)(H3,10,12,14). The van der Waals surface area contributed by atoms with Crippen LogP contribution in [0.4, 0.5) is 4.79 Å². The number of carbonyl (C=O) groups excluding carboxylic acids is 2. The second-order valence-corrected chi connectivity index (χ2v) is 2.97. The number of nitrogens with zero attached hydrogens (tertiary/aromatic N) is 1. The van der Waals surface area contributed by atoms with Crippen molar-refractivity contribution in [3.63, 3.8) is 0 Å². The van der Waals surface area contributed by atoms with E-state index >= 15 is 0 Å². The van der Waals surface area contributed by atoms with E-state index in [2.05, 4.69) is 5.32 Å². The Hall–Kier alpha value is -1.77. The molecule has 0 radical (unpaired) electrons. The second kappa shape index (κ2) is 5.80. The summed E-state index contributed by atoms with van der Waals surface area (Å²) >= 11 is 0. The van der Waals surface area contributed by atoms with Crippen molar-refractivity contribution in [1.29, 1.82) is 5.26 Å². The van der Waals surface area contributed by atoms with Crippen LogP contribution in [0, 0.1) is 17.4 Å². The Morgan fingerprint density at radius 1 is 1.57 bits per heavy atom. The Balaban J connectivity index is 4.47. The van der Waals surface area contributed by atoms with Gasteiger partial charge in [0.15, 0.2) is 6.19 Å². The Labute approximate surface area is 82.4 Å². The molecule has 0 heterocycles. The van der Waals surface area contributed by atoms with Gasteiger partial charge in [-0.15, -0.1) is 0 Å². The van der Waals surface area contributed by atoms with Gasteiger partial charge in [-0.2, -0.15) is 5.26 Å². The van der Waals surface area contributed by atoms with Crippen molar-refractivity contribution in [3.05, 3.63) is 0 Å². The minimum Gasteiger partial charge on any atom is -0.352 e. The molecule has 0 rings (SSSR count). The summed E-state index contributed by atoms with van der Waals surface area (Å²) in [6, 6.07) is -1.53. The molecule has 0 aliphatic carbocycles. The highest BCUT2D eigenvalue weighted by Gasteiger charge is 2.24. The molecular weight excluding hydrogens is 184 g/mol. The first-order valence-corrected chi connectivity index (χ1v) is 4.27. The molecule has 6 heteroatoms. The van der Waals surface area contributed by atoms with Crippen molar-refractivity contribution in [2.45, 2.75) is 26.3 Å². The number of urea groups is 1. The summed E-state index contributed by atoms with van der Waals surface area (Å²) in [7, 11) is 0. The third-order valence-corrected chi connectivity index (χ3v) is 1.97. The first-order valence-electron chi connectivity index (χ1n) is 4.27. The zero-order valence-electron chi connectivity index (χ0n) is 8.20. The van der Waals surface area contributed by atoms with Crippen LogP contribution in [0.3, 0.4) is 0 Å². The van der Waals surface area contributed by atoms with E-state index in [1.165, 1.54) is 6.19 Å². The fourth-order valence-electron chi connectivity index (χ4n) is 0.988. The average molecular weight is 198 g/mol. The summed E-state index contributed by atoms with van der Waals surface area (Å²) in [4.78, 5) is 21.9. The van der Waals surface area contributed by atoms with Crippen LogP contribution in [0.2, 0.25) is 0 Å². The van der Waals surface area contributed by atoms with E-state index in [0.29, 0.717) is 6.42 Å². The number of hydrogen-bond acceptors (Lipinski definition) is 3. The Morgan fingerprint density at radius 2 is 2.14 bits per heavy atom. The molecular formula is C8H14N4O2. The first-order chi connectivity index (χ1) is 6.52. The fourth-order valence-corrected chi connectivity index (χ4v) is 0.988. The summed E-state index contributed by atoms with van der Waals surface area (Å²) in [6.07, 6.45) is 2.21. The zero-order chi connectivity index (χ0) is 11.1. The molecule has 0 saturated carbocycles. The molecule has 0 aromatic rings. The minimum absolute atomic E-state index is 0.0733. The number of hydrogen-bond donors (Lipinski definition) is 3. The molecule has 0 aliphatic heterocycles. The highest BCUT2D eigenvalue weighted by atomic mass is 16.2. The third kappa shape index (κ3) is 3.76. The number of nitriles is 1. The normalized spacial score (nSPS) is 13.5. The number of nitrogens with one attached hydrogen (secondary N) is 2. The summed E-state index contributed by atoms with van der Waals surface area (Å²) in [6.45, 7) is 3.66. The van der Waals surface area contributed by atoms with Crippen molar-refractivity contribution in [1.82, 2.24) is 10.6 Å². The van der Waals surface area contributed by atoms with Gasteiger partial charge in [0.25, 0.3) is 5.91 Å². The first kappa shape index (κ1) is 12.2.